The fraction of sp³-hybridized carbons (Fsp3) is 0.652. The Hall–Kier alpha value is -2.25. The first-order valence-corrected chi connectivity index (χ1v) is 31.8. The van der Waals surface area contributed by atoms with E-state index in [-0.39, 0.29) is 0 Å². The highest BCUT2D eigenvalue weighted by atomic mass is 35.5. The number of halogens is 3. The molecule has 3 fully saturated rings. The molecule has 72 heavy (non-hydrogen) atoms. The van der Waals surface area contributed by atoms with Crippen molar-refractivity contribution < 1.29 is 0 Å². The molecule has 3 unspecified atom stereocenters. The van der Waals surface area contributed by atoms with E-state index < -0.39 is 0 Å². The minimum absolute atomic E-state index is 0.911. The Balaban J connectivity index is 0.000000159. The van der Waals surface area contributed by atoms with Gasteiger partial charge < -0.3 is 0 Å². The summed E-state index contributed by atoms with van der Waals surface area (Å²) in [6.07, 6.45) is 54.1. The number of hydrogen-bond acceptors (Lipinski definition) is 0. The zero-order valence-corrected chi connectivity index (χ0v) is 48.1. The molecule has 3 atom stereocenters. The summed E-state index contributed by atoms with van der Waals surface area (Å²) in [5.41, 5.74) is 8.21. The lowest BCUT2D eigenvalue weighted by Gasteiger charge is -2.35. The molecule has 3 saturated carbocycles. The maximum absolute atomic E-state index is 6.38. The summed E-state index contributed by atoms with van der Waals surface area (Å²) >= 11 is 19.1. The van der Waals surface area contributed by atoms with Crippen LogP contribution in [0.3, 0.4) is 0 Å². The Morgan fingerprint density at radius 1 is 0.319 bits per heavy atom. The van der Waals surface area contributed by atoms with Crippen LogP contribution in [0.5, 0.6) is 0 Å². The number of rotatable bonds is 18. The molecule has 3 heteroatoms. The molecule has 0 radical (unpaired) electrons. The Bertz CT molecular complexity index is 2080. The van der Waals surface area contributed by atoms with E-state index in [0.717, 1.165) is 68.3 Å². The molecule has 0 amide bonds. The van der Waals surface area contributed by atoms with E-state index >= 15 is 0 Å². The molecule has 0 bridgehead atoms. The molecule has 0 aromatic heterocycles. The van der Waals surface area contributed by atoms with Gasteiger partial charge in [0.15, 0.2) is 0 Å². The fourth-order valence-corrected chi connectivity index (χ4v) is 15.4. The van der Waals surface area contributed by atoms with Gasteiger partial charge in [0, 0.05) is 15.1 Å². The van der Waals surface area contributed by atoms with Crippen molar-refractivity contribution in [2.24, 2.45) is 53.3 Å². The third kappa shape index (κ3) is 17.9. The smallest absolute Gasteiger partial charge is 0.0481 e. The van der Waals surface area contributed by atoms with E-state index in [1.165, 1.54) is 245 Å². The Morgan fingerprint density at radius 2 is 0.611 bits per heavy atom. The predicted octanol–water partition coefficient (Wildman–Crippen LogP) is 23.7. The van der Waals surface area contributed by atoms with Gasteiger partial charge in [-0.25, -0.2) is 0 Å². The zero-order chi connectivity index (χ0) is 50.3. The van der Waals surface area contributed by atoms with Gasteiger partial charge in [-0.05, 0) is 201 Å². The molecule has 6 aliphatic carbocycles. The molecule has 0 heterocycles. The number of unbranched alkanes of at least 4 members (excludes halogenated alkanes) is 6. The van der Waals surface area contributed by atoms with Crippen LogP contribution >= 0.6 is 34.8 Å². The van der Waals surface area contributed by atoms with Crippen molar-refractivity contribution in [1.82, 2.24) is 0 Å². The second-order valence-corrected chi connectivity index (χ2v) is 25.3. The largest absolute Gasteiger partial charge is 0.0837 e. The first kappa shape index (κ1) is 57.5. The molecule has 6 aliphatic rings. The zero-order valence-electron chi connectivity index (χ0n) is 45.8. The number of benzene rings is 3. The third-order valence-corrected chi connectivity index (χ3v) is 20.3. The van der Waals surface area contributed by atoms with Crippen LogP contribution in [0.15, 0.2) is 91.0 Å². The van der Waals surface area contributed by atoms with Crippen LogP contribution in [0.25, 0.3) is 16.7 Å². The summed E-state index contributed by atoms with van der Waals surface area (Å²) in [7, 11) is 0. The molecule has 0 saturated heterocycles. The van der Waals surface area contributed by atoms with E-state index in [2.05, 4.69) is 75.4 Å². The second-order valence-electron chi connectivity index (χ2n) is 24.1. The number of allylic oxidation sites excluding steroid dienone is 6. The van der Waals surface area contributed by atoms with Crippen LogP contribution < -0.4 is 0 Å². The lowest BCUT2D eigenvalue weighted by Crippen LogP contribution is -2.23. The van der Waals surface area contributed by atoms with Gasteiger partial charge in [0.25, 0.3) is 0 Å². The second kappa shape index (κ2) is 31.7. The van der Waals surface area contributed by atoms with E-state index in [1.54, 1.807) is 0 Å². The van der Waals surface area contributed by atoms with E-state index in [9.17, 15) is 0 Å². The van der Waals surface area contributed by atoms with Gasteiger partial charge >= 0.3 is 0 Å². The molecule has 0 nitrogen and oxygen atoms in total. The molecule has 0 aliphatic heterocycles. The van der Waals surface area contributed by atoms with Crippen molar-refractivity contribution in [3.63, 3.8) is 0 Å². The molecule has 3 aromatic carbocycles. The molecule has 0 spiro atoms. The highest BCUT2D eigenvalue weighted by Crippen LogP contribution is 2.46. The van der Waals surface area contributed by atoms with Gasteiger partial charge in [-0.15, -0.1) is 0 Å². The highest BCUT2D eigenvalue weighted by molar-refractivity contribution is 6.33. The van der Waals surface area contributed by atoms with Gasteiger partial charge in [-0.2, -0.15) is 0 Å². The first-order valence-electron chi connectivity index (χ1n) is 30.6. The van der Waals surface area contributed by atoms with E-state index in [1.807, 2.05) is 36.4 Å². The summed E-state index contributed by atoms with van der Waals surface area (Å²) in [5.74, 6) is 8.82. The summed E-state index contributed by atoms with van der Waals surface area (Å²) in [6.45, 7) is 6.93. The van der Waals surface area contributed by atoms with Crippen LogP contribution in [-0.2, 0) is 0 Å². The van der Waals surface area contributed by atoms with Gasteiger partial charge in [0.1, 0.15) is 0 Å². The minimum Gasteiger partial charge on any atom is -0.0837 e. The monoisotopic (exact) mass is 1030 g/mol. The Kier molecular flexibility index (Phi) is 25.3. The molecular formula is C69H99Cl3. The van der Waals surface area contributed by atoms with Crippen molar-refractivity contribution in [3.8, 4) is 0 Å². The van der Waals surface area contributed by atoms with Crippen LogP contribution in [0, 0.1) is 53.3 Å². The summed E-state index contributed by atoms with van der Waals surface area (Å²) in [5, 5.41) is 2.74. The van der Waals surface area contributed by atoms with Crippen LogP contribution in [0.4, 0.5) is 0 Å². The molecule has 9 rings (SSSR count). The van der Waals surface area contributed by atoms with Gasteiger partial charge in [-0.3, -0.25) is 0 Å². The fourth-order valence-electron chi connectivity index (χ4n) is 14.6. The average Bonchev–Trinajstić information content (AvgIpc) is 3.43. The van der Waals surface area contributed by atoms with Crippen LogP contribution in [0.2, 0.25) is 15.1 Å². The summed E-state index contributed by atoms with van der Waals surface area (Å²) in [4.78, 5) is 0. The minimum atomic E-state index is 0.911. The number of hydrogen-bond donors (Lipinski definition) is 0. The van der Waals surface area contributed by atoms with Crippen molar-refractivity contribution in [3.05, 3.63) is 123 Å². The average molecular weight is 1030 g/mol. The van der Waals surface area contributed by atoms with E-state index in [0.29, 0.717) is 0 Å². The first-order chi connectivity index (χ1) is 35.3. The van der Waals surface area contributed by atoms with Crippen LogP contribution in [0.1, 0.15) is 249 Å². The van der Waals surface area contributed by atoms with Gasteiger partial charge in [0.2, 0.25) is 0 Å². The van der Waals surface area contributed by atoms with Crippen molar-refractivity contribution in [2.45, 2.75) is 233 Å². The summed E-state index contributed by atoms with van der Waals surface area (Å²) < 4.78 is 0. The van der Waals surface area contributed by atoms with Crippen molar-refractivity contribution in [1.29, 1.82) is 0 Å². The lowest BCUT2D eigenvalue weighted by molar-refractivity contribution is 0.187. The molecule has 0 N–H and O–H groups in total. The maximum Gasteiger partial charge on any atom is 0.0481 e. The Labute approximate surface area is 457 Å². The summed E-state index contributed by atoms with van der Waals surface area (Å²) in [6, 6.07) is 25.0. The normalized spacial score (nSPS) is 27.8. The highest BCUT2D eigenvalue weighted by Gasteiger charge is 2.32. The topological polar surface area (TPSA) is 0 Å². The van der Waals surface area contributed by atoms with Gasteiger partial charge in [0.05, 0.1) is 0 Å². The third-order valence-electron chi connectivity index (χ3n) is 19.3. The van der Waals surface area contributed by atoms with Crippen molar-refractivity contribution >= 4 is 51.5 Å². The van der Waals surface area contributed by atoms with Gasteiger partial charge in [-0.1, -0.05) is 244 Å². The Morgan fingerprint density at radius 3 is 0.903 bits per heavy atom. The maximum atomic E-state index is 6.38. The lowest BCUT2D eigenvalue weighted by atomic mass is 9.70. The molecular weight excluding hydrogens is 935 g/mol. The SMILES string of the molecule is CCCCC1CCC(C2CC=C(c3ccccc3Cl)CC2)CC1.CCCCCC1CCC(C2CC=C(c3ccccc3Cl)CC2)CC1.CCCCCCC1CCC(C2CC=C(c3ccccc3Cl)CC2)CC1. The molecule has 396 valence electrons. The van der Waals surface area contributed by atoms with E-state index in [4.69, 9.17) is 34.8 Å². The quantitative estimate of drug-likeness (QED) is 0.111. The molecule has 3 aromatic rings. The predicted molar refractivity (Wildman–Crippen MR) is 319 cm³/mol. The standard InChI is InChI=1S/C24H35Cl.C23H33Cl.C22H31Cl/c1-2-3-4-5-8-19-11-13-20(14-12-19)21-15-17-22(18-16-21)23-9-6-7-10-24(23)25;1-2-3-4-7-18-10-12-19(13-11-18)20-14-16-21(17-15-20)22-8-5-6-9-23(22)24;1-2-3-6-17-9-11-18(12-10-17)19-13-15-20(16-14-19)21-7-4-5-8-22(21)23/h6-7,9-10,17,19-21H,2-5,8,11-16,18H2,1H3;5-6,8-9,16,18-20H,2-4,7,10-15,17H2,1H3;4-5,7-8,15,17-19H,2-3,6,9-14,16H2,1H3. The van der Waals surface area contributed by atoms with Crippen molar-refractivity contribution in [2.75, 3.05) is 0 Å². The van der Waals surface area contributed by atoms with Crippen LogP contribution in [-0.4, -0.2) is 0 Å².